The fourth-order valence-electron chi connectivity index (χ4n) is 2.41. The summed E-state index contributed by atoms with van der Waals surface area (Å²) in [6.07, 6.45) is 6.63. The van der Waals surface area contributed by atoms with Gasteiger partial charge in [-0.15, -0.1) is 0 Å². The van der Waals surface area contributed by atoms with Gasteiger partial charge in [-0.2, -0.15) is 0 Å². The van der Waals surface area contributed by atoms with Gasteiger partial charge in [-0.25, -0.2) is 4.79 Å². The van der Waals surface area contributed by atoms with Gasteiger partial charge in [0.1, 0.15) is 0 Å². The van der Waals surface area contributed by atoms with Gasteiger partial charge in [0, 0.05) is 19.1 Å². The molecule has 0 spiro atoms. The zero-order valence-corrected chi connectivity index (χ0v) is 11.0. The van der Waals surface area contributed by atoms with Gasteiger partial charge in [0.15, 0.2) is 0 Å². The molecule has 1 aliphatic carbocycles. The van der Waals surface area contributed by atoms with E-state index in [1.165, 1.54) is 18.9 Å². The van der Waals surface area contributed by atoms with Crippen LogP contribution in [0.1, 0.15) is 32.6 Å². The van der Waals surface area contributed by atoms with Crippen LogP contribution in [0.15, 0.2) is 12.7 Å². The van der Waals surface area contributed by atoms with Crippen LogP contribution in [0, 0.1) is 5.92 Å². The van der Waals surface area contributed by atoms with Crippen LogP contribution in [-0.4, -0.2) is 37.5 Å². The quantitative estimate of drug-likeness (QED) is 0.396. The molecule has 4 nitrogen and oxygen atoms in total. The van der Waals surface area contributed by atoms with Gasteiger partial charge in [-0.05, 0) is 32.1 Å². The number of rotatable bonds is 7. The van der Waals surface area contributed by atoms with Gasteiger partial charge in [0.25, 0.3) is 0 Å². The van der Waals surface area contributed by atoms with E-state index in [1.54, 1.807) is 0 Å². The van der Waals surface area contributed by atoms with Crippen LogP contribution in [0.25, 0.3) is 0 Å². The first-order valence-corrected chi connectivity index (χ1v) is 6.75. The van der Waals surface area contributed by atoms with E-state index in [0.717, 1.165) is 19.4 Å². The molecule has 4 heteroatoms. The molecule has 102 valence electrons. The summed E-state index contributed by atoms with van der Waals surface area (Å²) in [4.78, 5) is 10.8. The molecule has 18 heavy (non-hydrogen) atoms. The summed E-state index contributed by atoms with van der Waals surface area (Å²) in [6, 6.07) is 0. The molecule has 0 aromatic carbocycles. The molecule has 1 saturated heterocycles. The normalized spacial score (nSPS) is 31.3. The first-order chi connectivity index (χ1) is 8.69. The molecule has 2 rings (SSSR count). The Balaban J connectivity index is 1.52. The van der Waals surface area contributed by atoms with E-state index in [2.05, 4.69) is 6.58 Å². The van der Waals surface area contributed by atoms with E-state index in [1.807, 2.05) is 6.92 Å². The molecule has 1 saturated carbocycles. The smallest absolute Gasteiger partial charge is 0.330 e. The Morgan fingerprint density at radius 3 is 3.06 bits per heavy atom. The van der Waals surface area contributed by atoms with Crippen LogP contribution in [0.2, 0.25) is 0 Å². The molecule has 2 fully saturated rings. The van der Waals surface area contributed by atoms with Gasteiger partial charge in [0.05, 0.1) is 24.9 Å². The van der Waals surface area contributed by atoms with Crippen molar-refractivity contribution in [2.75, 3.05) is 13.2 Å². The van der Waals surface area contributed by atoms with E-state index < -0.39 is 0 Å². The molecule has 1 aliphatic heterocycles. The van der Waals surface area contributed by atoms with Crippen molar-refractivity contribution in [2.24, 2.45) is 5.92 Å². The van der Waals surface area contributed by atoms with Crippen LogP contribution in [-0.2, 0) is 19.0 Å². The Labute approximate surface area is 108 Å². The highest BCUT2D eigenvalue weighted by Crippen LogP contribution is 2.39. The lowest BCUT2D eigenvalue weighted by Crippen LogP contribution is -2.22. The number of carbonyl (C=O) groups excluding carboxylic acids is 1. The lowest BCUT2D eigenvalue weighted by atomic mass is 9.90. The number of fused-ring (bicyclic) bond motifs is 1. The second-order valence-electron chi connectivity index (χ2n) is 5.20. The third kappa shape index (κ3) is 4.10. The molecule has 2 aliphatic rings. The Morgan fingerprint density at radius 2 is 2.33 bits per heavy atom. The van der Waals surface area contributed by atoms with E-state index in [4.69, 9.17) is 14.2 Å². The average Bonchev–Trinajstić information content (AvgIpc) is 3.14. The zero-order chi connectivity index (χ0) is 13.0. The first kappa shape index (κ1) is 13.6. The number of esters is 1. The second kappa shape index (κ2) is 6.34. The fourth-order valence-corrected chi connectivity index (χ4v) is 2.41. The molecule has 0 N–H and O–H groups in total. The monoisotopic (exact) mass is 254 g/mol. The Morgan fingerprint density at radius 1 is 1.50 bits per heavy atom. The minimum atomic E-state index is -0.369. The maximum absolute atomic E-state index is 10.8. The molecule has 0 radical (unpaired) electrons. The molecular formula is C14H22O4. The minimum absolute atomic E-state index is 0.125. The van der Waals surface area contributed by atoms with Crippen molar-refractivity contribution in [3.05, 3.63) is 12.7 Å². The zero-order valence-electron chi connectivity index (χ0n) is 11.0. The van der Waals surface area contributed by atoms with Gasteiger partial charge < -0.3 is 14.2 Å². The highest BCUT2D eigenvalue weighted by Gasteiger charge is 2.43. The van der Waals surface area contributed by atoms with Gasteiger partial charge in [-0.1, -0.05) is 6.58 Å². The van der Waals surface area contributed by atoms with Crippen LogP contribution >= 0.6 is 0 Å². The number of carbonyl (C=O) groups is 1. The summed E-state index contributed by atoms with van der Waals surface area (Å²) in [7, 11) is 0. The highest BCUT2D eigenvalue weighted by atomic mass is 16.6. The minimum Gasteiger partial charge on any atom is -0.462 e. The number of hydrogen-bond donors (Lipinski definition) is 0. The van der Waals surface area contributed by atoms with Gasteiger partial charge in [-0.3, -0.25) is 0 Å². The summed E-state index contributed by atoms with van der Waals surface area (Å²) in [5, 5.41) is 0. The van der Waals surface area contributed by atoms with Crippen molar-refractivity contribution < 1.29 is 19.0 Å². The summed E-state index contributed by atoms with van der Waals surface area (Å²) >= 11 is 0. The summed E-state index contributed by atoms with van der Waals surface area (Å²) in [5.41, 5.74) is 0. The summed E-state index contributed by atoms with van der Waals surface area (Å²) in [5.74, 6) is 0.262. The van der Waals surface area contributed by atoms with Crippen molar-refractivity contribution in [3.63, 3.8) is 0 Å². The van der Waals surface area contributed by atoms with E-state index in [0.29, 0.717) is 24.7 Å². The molecule has 0 aromatic rings. The number of epoxide rings is 1. The third-order valence-corrected chi connectivity index (χ3v) is 3.66. The van der Waals surface area contributed by atoms with Crippen molar-refractivity contribution in [2.45, 2.75) is 50.9 Å². The van der Waals surface area contributed by atoms with Crippen LogP contribution in [0.3, 0.4) is 0 Å². The molecule has 0 aromatic heterocycles. The first-order valence-electron chi connectivity index (χ1n) is 6.75. The van der Waals surface area contributed by atoms with Gasteiger partial charge in [0.2, 0.25) is 0 Å². The summed E-state index contributed by atoms with van der Waals surface area (Å²) in [6.45, 7) is 6.55. The van der Waals surface area contributed by atoms with E-state index in [9.17, 15) is 4.79 Å². The second-order valence-corrected chi connectivity index (χ2v) is 5.20. The third-order valence-electron chi connectivity index (χ3n) is 3.66. The fraction of sp³-hybridized carbons (Fsp3) is 0.786. The number of ether oxygens (including phenoxy) is 3. The molecule has 0 bridgehead atoms. The van der Waals surface area contributed by atoms with Crippen molar-refractivity contribution >= 4 is 5.97 Å². The van der Waals surface area contributed by atoms with E-state index in [-0.39, 0.29) is 12.1 Å². The highest BCUT2D eigenvalue weighted by molar-refractivity contribution is 5.81. The maximum Gasteiger partial charge on any atom is 0.330 e. The molecule has 4 atom stereocenters. The van der Waals surface area contributed by atoms with Crippen LogP contribution in [0.4, 0.5) is 0 Å². The van der Waals surface area contributed by atoms with Crippen molar-refractivity contribution in [1.29, 1.82) is 0 Å². The average molecular weight is 254 g/mol. The number of hydrogen-bond acceptors (Lipinski definition) is 4. The van der Waals surface area contributed by atoms with Crippen LogP contribution < -0.4 is 0 Å². The molecule has 4 unspecified atom stereocenters. The standard InChI is InChI=1S/C14H22O4/c1-3-14(15)16-7-6-10(2)17-9-11-4-5-12-13(8-11)18-12/h3,10-13H,1,4-9H2,2H3. The summed E-state index contributed by atoms with van der Waals surface area (Å²) < 4.78 is 16.2. The lowest BCUT2D eigenvalue weighted by Gasteiger charge is -2.21. The largest absolute Gasteiger partial charge is 0.462 e. The topological polar surface area (TPSA) is 48.1 Å². The molecule has 1 heterocycles. The predicted octanol–water partition coefficient (Wildman–Crippen LogP) is 2.08. The molecular weight excluding hydrogens is 232 g/mol. The van der Waals surface area contributed by atoms with Crippen LogP contribution in [0.5, 0.6) is 0 Å². The predicted molar refractivity (Wildman–Crippen MR) is 67.2 cm³/mol. The lowest BCUT2D eigenvalue weighted by molar-refractivity contribution is -0.138. The van der Waals surface area contributed by atoms with Gasteiger partial charge >= 0.3 is 5.97 Å². The SMILES string of the molecule is C=CC(=O)OCCC(C)OCC1CCC2OC2C1. The molecule has 0 amide bonds. The van der Waals surface area contributed by atoms with E-state index >= 15 is 0 Å². The Hall–Kier alpha value is -0.870. The Bertz CT molecular complexity index is 302. The maximum atomic E-state index is 10.8. The Kier molecular flexibility index (Phi) is 4.78. The van der Waals surface area contributed by atoms with Crippen molar-refractivity contribution in [3.8, 4) is 0 Å². The van der Waals surface area contributed by atoms with Crippen molar-refractivity contribution in [1.82, 2.24) is 0 Å².